The van der Waals surface area contributed by atoms with Crippen LogP contribution >= 0.6 is 22.7 Å². The molecule has 0 aliphatic heterocycles. The fourth-order valence-corrected chi connectivity index (χ4v) is 11.4. The molecule has 0 N–H and O–H groups in total. The van der Waals surface area contributed by atoms with Gasteiger partial charge in [-0.2, -0.15) is 0 Å². The maximum atomic E-state index is 6.83. The van der Waals surface area contributed by atoms with Crippen LogP contribution in [0.2, 0.25) is 0 Å². The van der Waals surface area contributed by atoms with Crippen LogP contribution < -0.4 is 4.90 Å². The molecule has 0 fully saturated rings. The van der Waals surface area contributed by atoms with E-state index in [9.17, 15) is 0 Å². The molecular weight excluding hydrogens is 743 g/mol. The third-order valence-corrected chi connectivity index (χ3v) is 13.9. The lowest BCUT2D eigenvalue weighted by Gasteiger charge is -2.27. The van der Waals surface area contributed by atoms with E-state index in [0.717, 1.165) is 39.0 Å². The van der Waals surface area contributed by atoms with Crippen molar-refractivity contribution in [2.45, 2.75) is 0 Å². The number of para-hydroxylation sites is 2. The van der Waals surface area contributed by atoms with Gasteiger partial charge in [-0.25, -0.2) is 0 Å². The molecule has 3 heterocycles. The van der Waals surface area contributed by atoms with Crippen molar-refractivity contribution < 1.29 is 4.42 Å². The minimum Gasteiger partial charge on any atom is -0.454 e. The Hall–Kier alpha value is -6.98. The van der Waals surface area contributed by atoms with Gasteiger partial charge in [-0.3, -0.25) is 0 Å². The summed E-state index contributed by atoms with van der Waals surface area (Å²) in [6, 6.07) is 72.5. The van der Waals surface area contributed by atoms with Gasteiger partial charge in [0.15, 0.2) is 5.58 Å². The summed E-state index contributed by atoms with van der Waals surface area (Å²) in [5.41, 5.74) is 12.3. The molecule has 0 aliphatic rings. The van der Waals surface area contributed by atoms with Crippen molar-refractivity contribution in [3.05, 3.63) is 200 Å². The number of anilines is 3. The Morgan fingerprint density at radius 1 is 0.362 bits per heavy atom. The first kappa shape index (κ1) is 33.2. The van der Waals surface area contributed by atoms with Crippen LogP contribution in [0.3, 0.4) is 0 Å². The highest BCUT2D eigenvalue weighted by Gasteiger charge is 2.25. The van der Waals surface area contributed by atoms with Crippen molar-refractivity contribution in [1.82, 2.24) is 0 Å². The number of rotatable bonds is 6. The average molecular weight is 776 g/mol. The Balaban J connectivity index is 1.19. The molecule has 12 rings (SSSR count). The number of furan rings is 1. The smallest absolute Gasteiger partial charge is 0.159 e. The van der Waals surface area contributed by atoms with Gasteiger partial charge in [0.1, 0.15) is 5.58 Å². The van der Waals surface area contributed by atoms with Crippen LogP contribution in [0, 0.1) is 0 Å². The molecule has 3 aromatic heterocycles. The van der Waals surface area contributed by atoms with Crippen molar-refractivity contribution in [3.63, 3.8) is 0 Å². The number of nitrogens with zero attached hydrogens (tertiary/aromatic N) is 1. The first-order chi connectivity index (χ1) is 28.8. The van der Waals surface area contributed by atoms with Crippen molar-refractivity contribution in [1.29, 1.82) is 0 Å². The fourth-order valence-electron chi connectivity index (χ4n) is 8.87. The summed E-state index contributed by atoms with van der Waals surface area (Å²) in [7, 11) is 0. The quantitative estimate of drug-likeness (QED) is 0.167. The molecule has 0 aliphatic carbocycles. The summed E-state index contributed by atoms with van der Waals surface area (Å²) in [4.78, 5) is 2.45. The predicted octanol–water partition coefficient (Wildman–Crippen LogP) is 16.8. The Kier molecular flexibility index (Phi) is 7.62. The van der Waals surface area contributed by atoms with Gasteiger partial charge in [-0.1, -0.05) is 158 Å². The zero-order chi connectivity index (χ0) is 38.2. The fraction of sp³-hybridized carbons (Fsp3) is 0. The lowest BCUT2D eigenvalue weighted by molar-refractivity contribution is 0.669. The van der Waals surface area contributed by atoms with Gasteiger partial charge in [0.05, 0.1) is 11.4 Å². The molecular formula is C54H33NOS2. The predicted molar refractivity (Wildman–Crippen MR) is 250 cm³/mol. The summed E-state index contributed by atoms with van der Waals surface area (Å²) >= 11 is 3.75. The molecule has 0 radical (unpaired) electrons. The number of fused-ring (bicyclic) bond motifs is 9. The van der Waals surface area contributed by atoms with Crippen molar-refractivity contribution in [3.8, 4) is 33.4 Å². The molecule has 0 saturated heterocycles. The highest BCUT2D eigenvalue weighted by atomic mass is 32.1. The average Bonchev–Trinajstić information content (AvgIpc) is 4.00. The third kappa shape index (κ3) is 5.16. The Bertz CT molecular complexity index is 3510. The van der Waals surface area contributed by atoms with E-state index >= 15 is 0 Å². The maximum absolute atomic E-state index is 6.83. The lowest BCUT2D eigenvalue weighted by Crippen LogP contribution is -2.10. The molecule has 272 valence electrons. The Labute approximate surface area is 343 Å². The minimum atomic E-state index is 0.870. The largest absolute Gasteiger partial charge is 0.454 e. The molecule has 0 bridgehead atoms. The van der Waals surface area contributed by atoms with Crippen molar-refractivity contribution in [2.24, 2.45) is 0 Å². The summed E-state index contributed by atoms with van der Waals surface area (Å²) in [5, 5.41) is 7.22. The molecule has 0 spiro atoms. The van der Waals surface area contributed by atoms with Gasteiger partial charge in [0.2, 0.25) is 0 Å². The van der Waals surface area contributed by atoms with Crippen LogP contribution in [0.1, 0.15) is 0 Å². The van der Waals surface area contributed by atoms with E-state index in [0.29, 0.717) is 0 Å². The third-order valence-electron chi connectivity index (χ3n) is 11.5. The molecule has 12 aromatic rings. The van der Waals surface area contributed by atoms with Crippen LogP contribution in [0.25, 0.3) is 95.7 Å². The zero-order valence-electron chi connectivity index (χ0n) is 31.2. The van der Waals surface area contributed by atoms with E-state index in [-0.39, 0.29) is 0 Å². The van der Waals surface area contributed by atoms with Gasteiger partial charge in [0, 0.05) is 56.8 Å². The highest BCUT2D eigenvalue weighted by Crippen LogP contribution is 2.52. The topological polar surface area (TPSA) is 16.4 Å². The zero-order valence-corrected chi connectivity index (χ0v) is 32.9. The number of thiophene rings is 2. The van der Waals surface area contributed by atoms with Crippen molar-refractivity contribution >= 4 is 102 Å². The van der Waals surface area contributed by atoms with E-state index in [4.69, 9.17) is 4.42 Å². The molecule has 0 unspecified atom stereocenters. The number of hydrogen-bond donors (Lipinski definition) is 0. The molecule has 2 nitrogen and oxygen atoms in total. The summed E-state index contributed by atoms with van der Waals surface area (Å²) in [5.74, 6) is 0. The molecule has 0 atom stereocenters. The molecule has 58 heavy (non-hydrogen) atoms. The molecule has 9 aromatic carbocycles. The molecule has 0 amide bonds. The second kappa shape index (κ2) is 13.3. The van der Waals surface area contributed by atoms with E-state index in [1.54, 1.807) is 0 Å². The standard InChI is InChI=1S/C54H33NOS2/c1-4-15-34(16-5-1)38-28-29-39(35-17-6-2-7-18-35)53-50(38)44-33-37(27-32-49(44)58-53)55(46-24-14-23-42-41-21-10-12-25-47(41)56-52(42)46)45-31-30-40(36-19-8-3-9-20-36)54-51(45)43-22-11-13-26-48(43)57-54/h1-33H. The van der Waals surface area contributed by atoms with Gasteiger partial charge in [-0.15, -0.1) is 22.7 Å². The van der Waals surface area contributed by atoms with E-state index in [1.807, 2.05) is 22.7 Å². The second-order valence-electron chi connectivity index (χ2n) is 14.8. The van der Waals surface area contributed by atoms with E-state index in [1.165, 1.54) is 73.7 Å². The van der Waals surface area contributed by atoms with Gasteiger partial charge in [0.25, 0.3) is 0 Å². The lowest BCUT2D eigenvalue weighted by atomic mass is 9.94. The Morgan fingerprint density at radius 3 is 1.64 bits per heavy atom. The molecule has 4 heteroatoms. The van der Waals surface area contributed by atoms with Crippen LogP contribution in [0.4, 0.5) is 17.1 Å². The summed E-state index contributed by atoms with van der Waals surface area (Å²) in [6.45, 7) is 0. The van der Waals surface area contributed by atoms with Crippen LogP contribution in [-0.4, -0.2) is 0 Å². The number of benzene rings is 9. The normalized spacial score (nSPS) is 11.8. The Morgan fingerprint density at radius 2 is 0.914 bits per heavy atom. The van der Waals surface area contributed by atoms with E-state index < -0.39 is 0 Å². The monoisotopic (exact) mass is 775 g/mol. The van der Waals surface area contributed by atoms with Gasteiger partial charge < -0.3 is 9.32 Å². The SMILES string of the molecule is c1ccc(-c2ccc(-c3ccccc3)c3c2sc2ccc(N(c4cccc5c4oc4ccccc45)c4ccc(-c5ccccc5)c5sc6ccccc6c45)cc23)cc1. The van der Waals surface area contributed by atoms with Gasteiger partial charge >= 0.3 is 0 Å². The first-order valence-corrected chi connectivity index (χ1v) is 21.2. The summed E-state index contributed by atoms with van der Waals surface area (Å²) < 4.78 is 11.9. The van der Waals surface area contributed by atoms with Crippen LogP contribution in [0.15, 0.2) is 205 Å². The maximum Gasteiger partial charge on any atom is 0.159 e. The highest BCUT2D eigenvalue weighted by molar-refractivity contribution is 7.27. The first-order valence-electron chi connectivity index (χ1n) is 19.6. The molecule has 0 saturated carbocycles. The van der Waals surface area contributed by atoms with Crippen LogP contribution in [0.5, 0.6) is 0 Å². The van der Waals surface area contributed by atoms with Crippen molar-refractivity contribution in [2.75, 3.05) is 4.90 Å². The minimum absolute atomic E-state index is 0.870. The summed E-state index contributed by atoms with van der Waals surface area (Å²) in [6.07, 6.45) is 0. The van der Waals surface area contributed by atoms with Gasteiger partial charge in [-0.05, 0) is 75.8 Å². The number of hydrogen-bond acceptors (Lipinski definition) is 4. The van der Waals surface area contributed by atoms with E-state index in [2.05, 4.69) is 205 Å². The van der Waals surface area contributed by atoms with Crippen LogP contribution in [-0.2, 0) is 0 Å². The second-order valence-corrected chi connectivity index (χ2v) is 16.9.